The molecule has 0 aliphatic carbocycles. The van der Waals surface area contributed by atoms with Crippen molar-refractivity contribution in [3.05, 3.63) is 12.7 Å². The minimum Gasteiger partial charge on any atom is -0.343 e. The van der Waals surface area contributed by atoms with Gasteiger partial charge in [0.25, 0.3) is 0 Å². The van der Waals surface area contributed by atoms with Crippen molar-refractivity contribution in [2.45, 2.75) is 25.8 Å². The van der Waals surface area contributed by atoms with Gasteiger partial charge in [-0.25, -0.2) is 0 Å². The van der Waals surface area contributed by atoms with Crippen molar-refractivity contribution in [1.29, 1.82) is 0 Å². The molecule has 14 heavy (non-hydrogen) atoms. The maximum Gasteiger partial charge on any atom is 0.245 e. The number of carbonyl (C=O) groups is 2. The second-order valence-electron chi connectivity index (χ2n) is 3.37. The van der Waals surface area contributed by atoms with Gasteiger partial charge in [-0.05, 0) is 12.8 Å². The molecule has 1 aliphatic rings. The topological polar surface area (TPSA) is 49.4 Å². The minimum absolute atomic E-state index is 0.0222. The third kappa shape index (κ3) is 2.34. The number of amides is 2. The van der Waals surface area contributed by atoms with E-state index in [1.807, 2.05) is 6.92 Å². The highest BCUT2D eigenvalue weighted by atomic mass is 16.2. The van der Waals surface area contributed by atoms with E-state index in [1.54, 1.807) is 11.0 Å². The van der Waals surface area contributed by atoms with Gasteiger partial charge >= 0.3 is 0 Å². The van der Waals surface area contributed by atoms with E-state index in [1.165, 1.54) is 0 Å². The molecule has 78 valence electrons. The molecule has 1 saturated heterocycles. The standard InChI is InChI=1S/C10H16N2O2/c1-3-5-6-12-7-9(13)11-8(4-2)10(12)14/h3,8H,1,4-7H2,2H3,(H,11,13). The third-order valence-corrected chi connectivity index (χ3v) is 2.29. The molecule has 0 aromatic rings. The van der Waals surface area contributed by atoms with Crippen LogP contribution < -0.4 is 5.32 Å². The molecule has 1 atom stereocenters. The Morgan fingerprint density at radius 2 is 2.36 bits per heavy atom. The second-order valence-corrected chi connectivity index (χ2v) is 3.37. The van der Waals surface area contributed by atoms with Crippen molar-refractivity contribution in [3.63, 3.8) is 0 Å². The Hall–Kier alpha value is -1.32. The summed E-state index contributed by atoms with van der Waals surface area (Å²) in [7, 11) is 0. The van der Waals surface area contributed by atoms with Crippen LogP contribution in [0.15, 0.2) is 12.7 Å². The van der Waals surface area contributed by atoms with Crippen LogP contribution in [0.1, 0.15) is 19.8 Å². The molecule has 4 heteroatoms. The summed E-state index contributed by atoms with van der Waals surface area (Å²) in [5.74, 6) is -0.0468. The number of hydrogen-bond acceptors (Lipinski definition) is 2. The molecule has 0 aromatic carbocycles. The van der Waals surface area contributed by atoms with Crippen molar-refractivity contribution in [1.82, 2.24) is 10.2 Å². The lowest BCUT2D eigenvalue weighted by molar-refractivity contribution is -0.144. The Labute approximate surface area is 84.0 Å². The van der Waals surface area contributed by atoms with Crippen molar-refractivity contribution < 1.29 is 9.59 Å². The number of rotatable bonds is 4. The van der Waals surface area contributed by atoms with Crippen molar-refractivity contribution in [2.75, 3.05) is 13.1 Å². The Morgan fingerprint density at radius 3 is 2.93 bits per heavy atom. The van der Waals surface area contributed by atoms with Crippen LogP contribution in [0.25, 0.3) is 0 Å². The number of carbonyl (C=O) groups excluding carboxylic acids is 2. The van der Waals surface area contributed by atoms with Crippen LogP contribution in [0.2, 0.25) is 0 Å². The van der Waals surface area contributed by atoms with Crippen molar-refractivity contribution in [3.8, 4) is 0 Å². The zero-order valence-corrected chi connectivity index (χ0v) is 8.45. The first-order chi connectivity index (χ1) is 6.69. The first kappa shape index (κ1) is 10.8. The highest BCUT2D eigenvalue weighted by molar-refractivity contribution is 5.94. The SMILES string of the molecule is C=CCCN1CC(=O)NC(CC)C1=O. The van der Waals surface area contributed by atoms with E-state index in [4.69, 9.17) is 0 Å². The highest BCUT2D eigenvalue weighted by Gasteiger charge is 2.30. The Morgan fingerprint density at radius 1 is 1.64 bits per heavy atom. The molecular formula is C10H16N2O2. The fourth-order valence-electron chi connectivity index (χ4n) is 1.49. The molecule has 0 saturated carbocycles. The normalized spacial score (nSPS) is 22.1. The van der Waals surface area contributed by atoms with Gasteiger partial charge in [0, 0.05) is 6.54 Å². The molecule has 1 fully saturated rings. The van der Waals surface area contributed by atoms with Gasteiger partial charge in [0.05, 0.1) is 6.54 Å². The molecule has 0 radical (unpaired) electrons. The van der Waals surface area contributed by atoms with Crippen LogP contribution in [0, 0.1) is 0 Å². The maximum absolute atomic E-state index is 11.7. The minimum atomic E-state index is -0.332. The molecule has 1 heterocycles. The molecular weight excluding hydrogens is 180 g/mol. The first-order valence-corrected chi connectivity index (χ1v) is 4.88. The Bertz CT molecular complexity index is 251. The number of piperazine rings is 1. The summed E-state index contributed by atoms with van der Waals surface area (Å²) in [5.41, 5.74) is 0. The highest BCUT2D eigenvalue weighted by Crippen LogP contribution is 2.06. The largest absolute Gasteiger partial charge is 0.343 e. The first-order valence-electron chi connectivity index (χ1n) is 4.88. The van der Waals surface area contributed by atoms with E-state index < -0.39 is 0 Å². The summed E-state index contributed by atoms with van der Waals surface area (Å²) in [6, 6.07) is -0.332. The summed E-state index contributed by atoms with van der Waals surface area (Å²) in [4.78, 5) is 24.5. The monoisotopic (exact) mass is 196 g/mol. The zero-order valence-electron chi connectivity index (χ0n) is 8.45. The average molecular weight is 196 g/mol. The Kier molecular flexibility index (Phi) is 3.68. The van der Waals surface area contributed by atoms with Crippen LogP contribution in [0.4, 0.5) is 0 Å². The zero-order chi connectivity index (χ0) is 10.6. The van der Waals surface area contributed by atoms with Crippen LogP contribution in [0.3, 0.4) is 0 Å². The number of nitrogens with one attached hydrogen (secondary N) is 1. The van der Waals surface area contributed by atoms with Gasteiger partial charge < -0.3 is 10.2 Å². The van der Waals surface area contributed by atoms with E-state index in [0.29, 0.717) is 13.0 Å². The lowest BCUT2D eigenvalue weighted by Gasteiger charge is -2.31. The summed E-state index contributed by atoms with van der Waals surface area (Å²) in [5, 5.41) is 2.67. The summed E-state index contributed by atoms with van der Waals surface area (Å²) in [6.07, 6.45) is 3.13. The number of hydrogen-bond donors (Lipinski definition) is 1. The van der Waals surface area contributed by atoms with Gasteiger partial charge in [0.15, 0.2) is 0 Å². The van der Waals surface area contributed by atoms with E-state index >= 15 is 0 Å². The lowest BCUT2D eigenvalue weighted by atomic mass is 10.1. The maximum atomic E-state index is 11.7. The predicted molar refractivity (Wildman–Crippen MR) is 53.6 cm³/mol. The molecule has 0 aromatic heterocycles. The third-order valence-electron chi connectivity index (χ3n) is 2.29. The molecule has 1 N–H and O–H groups in total. The lowest BCUT2D eigenvalue weighted by Crippen LogP contribution is -2.57. The molecule has 4 nitrogen and oxygen atoms in total. The fraction of sp³-hybridized carbons (Fsp3) is 0.600. The van der Waals surface area contributed by atoms with Crippen LogP contribution in [-0.4, -0.2) is 35.8 Å². The van der Waals surface area contributed by atoms with Gasteiger partial charge in [0.2, 0.25) is 11.8 Å². The predicted octanol–water partition coefficient (Wildman–Crippen LogP) is 0.299. The molecule has 0 bridgehead atoms. The van der Waals surface area contributed by atoms with Gasteiger partial charge in [-0.3, -0.25) is 9.59 Å². The second kappa shape index (κ2) is 4.79. The van der Waals surface area contributed by atoms with E-state index in [2.05, 4.69) is 11.9 Å². The van der Waals surface area contributed by atoms with Crippen LogP contribution in [0.5, 0.6) is 0 Å². The summed E-state index contributed by atoms with van der Waals surface area (Å²) >= 11 is 0. The molecule has 1 aliphatic heterocycles. The molecule has 0 spiro atoms. The van der Waals surface area contributed by atoms with Crippen LogP contribution in [-0.2, 0) is 9.59 Å². The van der Waals surface area contributed by atoms with Gasteiger partial charge in [-0.2, -0.15) is 0 Å². The van der Waals surface area contributed by atoms with Gasteiger partial charge in [0.1, 0.15) is 6.04 Å². The van der Waals surface area contributed by atoms with E-state index in [9.17, 15) is 9.59 Å². The van der Waals surface area contributed by atoms with Gasteiger partial charge in [-0.1, -0.05) is 13.0 Å². The summed E-state index contributed by atoms with van der Waals surface area (Å²) in [6.45, 7) is 6.25. The van der Waals surface area contributed by atoms with Gasteiger partial charge in [-0.15, -0.1) is 6.58 Å². The van der Waals surface area contributed by atoms with Crippen molar-refractivity contribution >= 4 is 11.8 Å². The van der Waals surface area contributed by atoms with Crippen molar-refractivity contribution in [2.24, 2.45) is 0 Å². The van der Waals surface area contributed by atoms with E-state index in [0.717, 1.165) is 6.42 Å². The molecule has 1 rings (SSSR count). The quantitative estimate of drug-likeness (QED) is 0.657. The average Bonchev–Trinajstić information content (AvgIpc) is 2.18. The van der Waals surface area contributed by atoms with Crippen LogP contribution >= 0.6 is 0 Å². The number of nitrogens with zero attached hydrogens (tertiary/aromatic N) is 1. The Balaban J connectivity index is 2.59. The molecule has 1 unspecified atom stereocenters. The fourth-order valence-corrected chi connectivity index (χ4v) is 1.49. The summed E-state index contributed by atoms with van der Waals surface area (Å²) < 4.78 is 0. The smallest absolute Gasteiger partial charge is 0.245 e. The molecule has 2 amide bonds. The van der Waals surface area contributed by atoms with E-state index in [-0.39, 0.29) is 24.4 Å².